The highest BCUT2D eigenvalue weighted by Gasteiger charge is 2.06. The number of nitrogens with one attached hydrogen (secondary N) is 2. The molecule has 7 nitrogen and oxygen atoms in total. The van der Waals surface area contributed by atoms with E-state index in [1.807, 2.05) is 43.3 Å². The van der Waals surface area contributed by atoms with Gasteiger partial charge in [0.25, 0.3) is 0 Å². The van der Waals surface area contributed by atoms with Gasteiger partial charge in [-0.3, -0.25) is 0 Å². The highest BCUT2D eigenvalue weighted by atomic mass is 16.5. The summed E-state index contributed by atoms with van der Waals surface area (Å²) in [5.41, 5.74) is 3.45. The lowest BCUT2D eigenvalue weighted by Gasteiger charge is -2.11. The van der Waals surface area contributed by atoms with Gasteiger partial charge in [0.2, 0.25) is 5.95 Å². The van der Waals surface area contributed by atoms with Crippen LogP contribution in [-0.2, 0) is 6.42 Å². The van der Waals surface area contributed by atoms with Gasteiger partial charge in [-0.05, 0) is 55.3 Å². The van der Waals surface area contributed by atoms with Crippen LogP contribution in [0.5, 0.6) is 11.5 Å². The Bertz CT molecular complexity index is 1010. The maximum atomic E-state index is 8.90. The summed E-state index contributed by atoms with van der Waals surface area (Å²) in [7, 11) is 3.25. The minimum atomic E-state index is 0.557. The Kier molecular flexibility index (Phi) is 6.48. The number of hydrogen-bond donors (Lipinski definition) is 2. The van der Waals surface area contributed by atoms with Crippen molar-refractivity contribution >= 4 is 17.5 Å². The van der Waals surface area contributed by atoms with E-state index in [4.69, 9.17) is 14.7 Å². The smallest absolute Gasteiger partial charge is 0.224 e. The molecule has 0 atom stereocenters. The van der Waals surface area contributed by atoms with Crippen LogP contribution in [0.25, 0.3) is 0 Å². The summed E-state index contributed by atoms with van der Waals surface area (Å²) in [4.78, 5) is 8.97. The third-order valence-corrected chi connectivity index (χ3v) is 4.29. The van der Waals surface area contributed by atoms with E-state index in [9.17, 15) is 0 Å². The van der Waals surface area contributed by atoms with E-state index in [1.165, 1.54) is 0 Å². The van der Waals surface area contributed by atoms with Gasteiger partial charge in [-0.1, -0.05) is 6.07 Å². The van der Waals surface area contributed by atoms with Crippen molar-refractivity contribution in [2.24, 2.45) is 0 Å². The van der Waals surface area contributed by atoms with Gasteiger partial charge in [-0.2, -0.15) is 10.2 Å². The van der Waals surface area contributed by atoms with E-state index >= 15 is 0 Å². The molecule has 0 fully saturated rings. The predicted octanol–water partition coefficient (Wildman–Crippen LogP) is 4.07. The minimum absolute atomic E-state index is 0.557. The Morgan fingerprint density at radius 2 is 1.72 bits per heavy atom. The maximum Gasteiger partial charge on any atom is 0.224 e. The lowest BCUT2D eigenvalue weighted by Crippen LogP contribution is -2.09. The normalized spacial score (nSPS) is 10.1. The molecular weight excluding hydrogens is 366 g/mol. The highest BCUT2D eigenvalue weighted by Crippen LogP contribution is 2.27. The molecule has 0 amide bonds. The van der Waals surface area contributed by atoms with Crippen LogP contribution in [0.2, 0.25) is 0 Å². The lowest BCUT2D eigenvalue weighted by molar-refractivity contribution is 0.354. The molecule has 0 aliphatic rings. The van der Waals surface area contributed by atoms with E-state index in [-0.39, 0.29) is 0 Å². The van der Waals surface area contributed by atoms with Crippen LogP contribution < -0.4 is 20.1 Å². The Balaban J connectivity index is 1.63. The average Bonchev–Trinajstić information content (AvgIpc) is 2.73. The Morgan fingerprint density at radius 3 is 2.41 bits per heavy atom. The van der Waals surface area contributed by atoms with Gasteiger partial charge in [0.15, 0.2) is 11.5 Å². The number of ether oxygens (including phenoxy) is 2. The van der Waals surface area contributed by atoms with Crippen LogP contribution in [0.15, 0.2) is 48.5 Å². The number of hydrogen-bond acceptors (Lipinski definition) is 7. The van der Waals surface area contributed by atoms with Crippen LogP contribution in [0, 0.1) is 18.3 Å². The van der Waals surface area contributed by atoms with Crippen LogP contribution in [0.3, 0.4) is 0 Å². The van der Waals surface area contributed by atoms with Crippen molar-refractivity contribution in [1.82, 2.24) is 9.97 Å². The SMILES string of the molecule is COc1ccc(CCNc2nc(C)cc(Nc3ccc(C#N)cc3)n2)cc1OC. The number of anilines is 3. The molecule has 0 saturated carbocycles. The second-order valence-electron chi connectivity index (χ2n) is 6.40. The summed E-state index contributed by atoms with van der Waals surface area (Å²) in [6, 6.07) is 17.1. The van der Waals surface area contributed by atoms with Crippen molar-refractivity contribution in [3.63, 3.8) is 0 Å². The predicted molar refractivity (Wildman–Crippen MR) is 113 cm³/mol. The number of aromatic nitrogens is 2. The number of rotatable bonds is 8. The molecule has 148 valence electrons. The zero-order valence-electron chi connectivity index (χ0n) is 16.7. The summed E-state index contributed by atoms with van der Waals surface area (Å²) in [5, 5.41) is 15.4. The number of nitriles is 1. The fourth-order valence-electron chi connectivity index (χ4n) is 2.84. The van der Waals surface area contributed by atoms with Gasteiger partial charge in [0.1, 0.15) is 5.82 Å². The molecule has 1 aromatic heterocycles. The van der Waals surface area contributed by atoms with Crippen LogP contribution in [-0.4, -0.2) is 30.7 Å². The molecule has 0 aliphatic carbocycles. The Hall–Kier alpha value is -3.79. The van der Waals surface area contributed by atoms with Gasteiger partial charge in [0, 0.05) is 24.0 Å². The number of benzene rings is 2. The fourth-order valence-corrected chi connectivity index (χ4v) is 2.84. The molecule has 1 heterocycles. The molecule has 0 saturated heterocycles. The summed E-state index contributed by atoms with van der Waals surface area (Å²) in [5.74, 6) is 2.67. The summed E-state index contributed by atoms with van der Waals surface area (Å²) >= 11 is 0. The molecule has 3 aromatic rings. The summed E-state index contributed by atoms with van der Waals surface area (Å²) < 4.78 is 10.6. The molecular formula is C22H23N5O2. The molecule has 0 bridgehead atoms. The van der Waals surface area contributed by atoms with E-state index < -0.39 is 0 Å². The minimum Gasteiger partial charge on any atom is -0.493 e. The first kappa shape index (κ1) is 20.0. The first-order valence-corrected chi connectivity index (χ1v) is 9.19. The third kappa shape index (κ3) is 5.36. The van der Waals surface area contributed by atoms with Crippen LogP contribution in [0.1, 0.15) is 16.8 Å². The van der Waals surface area contributed by atoms with Crippen molar-refractivity contribution < 1.29 is 9.47 Å². The zero-order valence-corrected chi connectivity index (χ0v) is 16.7. The molecule has 0 spiro atoms. The Morgan fingerprint density at radius 1 is 0.966 bits per heavy atom. The molecule has 0 unspecified atom stereocenters. The molecule has 7 heteroatoms. The molecule has 2 N–H and O–H groups in total. The fraction of sp³-hybridized carbons (Fsp3) is 0.227. The van der Waals surface area contributed by atoms with Gasteiger partial charge in [-0.15, -0.1) is 0 Å². The average molecular weight is 389 g/mol. The lowest BCUT2D eigenvalue weighted by atomic mass is 10.1. The van der Waals surface area contributed by atoms with Gasteiger partial charge in [-0.25, -0.2) is 4.98 Å². The number of nitrogens with zero attached hydrogens (tertiary/aromatic N) is 3. The number of aryl methyl sites for hydroxylation is 1. The van der Waals surface area contributed by atoms with Crippen molar-refractivity contribution in [2.75, 3.05) is 31.4 Å². The van der Waals surface area contributed by atoms with E-state index in [0.29, 0.717) is 35.4 Å². The van der Waals surface area contributed by atoms with E-state index in [1.54, 1.807) is 26.4 Å². The second-order valence-corrected chi connectivity index (χ2v) is 6.40. The quantitative estimate of drug-likeness (QED) is 0.600. The number of methoxy groups -OCH3 is 2. The van der Waals surface area contributed by atoms with Crippen molar-refractivity contribution in [2.45, 2.75) is 13.3 Å². The summed E-state index contributed by atoms with van der Waals surface area (Å²) in [6.07, 6.45) is 0.788. The van der Waals surface area contributed by atoms with E-state index in [2.05, 4.69) is 26.7 Å². The highest BCUT2D eigenvalue weighted by molar-refractivity contribution is 5.58. The second kappa shape index (κ2) is 9.42. The van der Waals surface area contributed by atoms with E-state index in [0.717, 1.165) is 23.4 Å². The maximum absolute atomic E-state index is 8.90. The first-order chi connectivity index (χ1) is 14.1. The summed E-state index contributed by atoms with van der Waals surface area (Å²) in [6.45, 7) is 2.60. The molecule has 2 aromatic carbocycles. The molecule has 0 aliphatic heterocycles. The van der Waals surface area contributed by atoms with Crippen molar-refractivity contribution in [3.05, 3.63) is 65.4 Å². The van der Waals surface area contributed by atoms with Gasteiger partial charge in [0.05, 0.1) is 25.9 Å². The zero-order chi connectivity index (χ0) is 20.6. The molecule has 3 rings (SSSR count). The molecule has 29 heavy (non-hydrogen) atoms. The van der Waals surface area contributed by atoms with Crippen LogP contribution >= 0.6 is 0 Å². The van der Waals surface area contributed by atoms with Gasteiger partial charge < -0.3 is 20.1 Å². The van der Waals surface area contributed by atoms with Crippen molar-refractivity contribution in [1.29, 1.82) is 5.26 Å². The first-order valence-electron chi connectivity index (χ1n) is 9.19. The van der Waals surface area contributed by atoms with Crippen LogP contribution in [0.4, 0.5) is 17.5 Å². The standard InChI is InChI=1S/C22H23N5O2/c1-15-12-21(26-18-7-4-17(14-23)5-8-18)27-22(25-15)24-11-10-16-6-9-19(28-2)20(13-16)29-3/h4-9,12-13H,10-11H2,1-3H3,(H2,24,25,26,27). The van der Waals surface area contributed by atoms with Crippen molar-refractivity contribution in [3.8, 4) is 17.6 Å². The largest absolute Gasteiger partial charge is 0.493 e. The monoisotopic (exact) mass is 389 g/mol. The Labute approximate surface area is 170 Å². The van der Waals surface area contributed by atoms with Gasteiger partial charge >= 0.3 is 0 Å². The topological polar surface area (TPSA) is 92.1 Å². The third-order valence-electron chi connectivity index (χ3n) is 4.29. The molecule has 0 radical (unpaired) electrons.